The van der Waals surface area contributed by atoms with Crippen LogP contribution in [0.1, 0.15) is 5.56 Å². The van der Waals surface area contributed by atoms with Crippen molar-refractivity contribution in [3.8, 4) is 11.5 Å². The summed E-state index contributed by atoms with van der Waals surface area (Å²) in [5.74, 6) is -3.10. The van der Waals surface area contributed by atoms with Crippen LogP contribution < -0.4 is 10.1 Å². The fourth-order valence-electron chi connectivity index (χ4n) is 1.81. The molecule has 5 nitrogen and oxygen atoms in total. The molecule has 2 aromatic rings. The van der Waals surface area contributed by atoms with Crippen molar-refractivity contribution in [2.24, 2.45) is 0 Å². The Morgan fingerprint density at radius 3 is 2.62 bits per heavy atom. The summed E-state index contributed by atoms with van der Waals surface area (Å²) in [7, 11) is 1.71. The topological polar surface area (TPSA) is 64.4 Å². The van der Waals surface area contributed by atoms with Crippen LogP contribution in [-0.2, 0) is 6.54 Å². The van der Waals surface area contributed by atoms with E-state index in [1.807, 2.05) is 0 Å². The second kappa shape index (κ2) is 6.27. The van der Waals surface area contributed by atoms with Gasteiger partial charge in [-0.1, -0.05) is 18.2 Å². The van der Waals surface area contributed by atoms with Gasteiger partial charge in [-0.3, -0.25) is 10.1 Å². The van der Waals surface area contributed by atoms with Crippen molar-refractivity contribution in [3.05, 3.63) is 63.7 Å². The molecule has 2 rings (SSSR count). The summed E-state index contributed by atoms with van der Waals surface area (Å²) in [5, 5.41) is 13.8. The maximum atomic E-state index is 13.8. The minimum Gasteiger partial charge on any atom is -0.447 e. The first-order valence-electron chi connectivity index (χ1n) is 6.07. The van der Waals surface area contributed by atoms with E-state index in [4.69, 9.17) is 4.74 Å². The van der Waals surface area contributed by atoms with Crippen LogP contribution in [-0.4, -0.2) is 12.0 Å². The van der Waals surface area contributed by atoms with E-state index >= 15 is 0 Å². The van der Waals surface area contributed by atoms with Crippen LogP contribution >= 0.6 is 0 Å². The van der Waals surface area contributed by atoms with Gasteiger partial charge in [-0.2, -0.15) is 4.39 Å². The van der Waals surface area contributed by atoms with Gasteiger partial charge in [-0.15, -0.1) is 0 Å². The molecule has 0 unspecified atom stereocenters. The van der Waals surface area contributed by atoms with Crippen molar-refractivity contribution in [1.29, 1.82) is 0 Å². The van der Waals surface area contributed by atoms with Gasteiger partial charge in [0.15, 0.2) is 5.82 Å². The highest BCUT2D eigenvalue weighted by Crippen LogP contribution is 2.36. The SMILES string of the molecule is CNCc1ccccc1Oc1c([N+](=O)[O-])ccc(F)c1F. The Kier molecular flexibility index (Phi) is 4.44. The molecule has 2 aromatic carbocycles. The molecule has 110 valence electrons. The van der Waals surface area contributed by atoms with Crippen molar-refractivity contribution in [2.45, 2.75) is 6.54 Å². The van der Waals surface area contributed by atoms with E-state index in [1.54, 1.807) is 25.2 Å². The monoisotopic (exact) mass is 294 g/mol. The van der Waals surface area contributed by atoms with Gasteiger partial charge < -0.3 is 10.1 Å². The molecule has 0 saturated heterocycles. The van der Waals surface area contributed by atoms with E-state index in [1.165, 1.54) is 6.07 Å². The van der Waals surface area contributed by atoms with Crippen molar-refractivity contribution in [3.63, 3.8) is 0 Å². The van der Waals surface area contributed by atoms with Crippen LogP contribution in [0.3, 0.4) is 0 Å². The Labute approximate surface area is 119 Å². The number of nitrogens with zero attached hydrogens (tertiary/aromatic N) is 1. The first-order valence-corrected chi connectivity index (χ1v) is 6.07. The molecule has 0 aliphatic heterocycles. The average Bonchev–Trinajstić information content (AvgIpc) is 2.46. The highest BCUT2D eigenvalue weighted by Gasteiger charge is 2.24. The van der Waals surface area contributed by atoms with E-state index in [0.29, 0.717) is 18.2 Å². The van der Waals surface area contributed by atoms with E-state index in [9.17, 15) is 18.9 Å². The van der Waals surface area contributed by atoms with Crippen LogP contribution in [0.5, 0.6) is 11.5 Å². The van der Waals surface area contributed by atoms with E-state index in [2.05, 4.69) is 5.32 Å². The molecule has 0 fully saturated rings. The molecule has 0 aliphatic carbocycles. The molecule has 7 heteroatoms. The Balaban J connectivity index is 2.49. The molecule has 0 aromatic heterocycles. The van der Waals surface area contributed by atoms with Crippen molar-refractivity contribution in [1.82, 2.24) is 5.32 Å². The number of hydrogen-bond acceptors (Lipinski definition) is 4. The second-order valence-electron chi connectivity index (χ2n) is 4.21. The van der Waals surface area contributed by atoms with Gasteiger partial charge in [0.25, 0.3) is 0 Å². The quantitative estimate of drug-likeness (QED) is 0.678. The maximum Gasteiger partial charge on any atom is 0.314 e. The van der Waals surface area contributed by atoms with Gasteiger partial charge >= 0.3 is 5.69 Å². The first kappa shape index (κ1) is 14.9. The molecule has 0 atom stereocenters. The lowest BCUT2D eigenvalue weighted by molar-refractivity contribution is -0.385. The molecule has 0 heterocycles. The molecule has 21 heavy (non-hydrogen) atoms. The lowest BCUT2D eigenvalue weighted by Gasteiger charge is -2.11. The van der Waals surface area contributed by atoms with Gasteiger partial charge in [0, 0.05) is 18.2 Å². The zero-order chi connectivity index (χ0) is 15.4. The van der Waals surface area contributed by atoms with E-state index in [0.717, 1.165) is 6.07 Å². The summed E-state index contributed by atoms with van der Waals surface area (Å²) in [6, 6.07) is 8.19. The lowest BCUT2D eigenvalue weighted by Crippen LogP contribution is -2.07. The van der Waals surface area contributed by atoms with Gasteiger partial charge in [0.05, 0.1) is 4.92 Å². The molecule has 0 saturated carbocycles. The van der Waals surface area contributed by atoms with Crippen molar-refractivity contribution < 1.29 is 18.4 Å². The normalized spacial score (nSPS) is 10.4. The largest absolute Gasteiger partial charge is 0.447 e. The van der Waals surface area contributed by atoms with Gasteiger partial charge in [0.1, 0.15) is 5.75 Å². The summed E-state index contributed by atoms with van der Waals surface area (Å²) in [6.07, 6.45) is 0. The summed E-state index contributed by atoms with van der Waals surface area (Å²) in [6.45, 7) is 0.418. The molecule has 0 radical (unpaired) electrons. The summed E-state index contributed by atoms with van der Waals surface area (Å²) >= 11 is 0. The standard InChI is InChI=1S/C14H12F2N2O3/c1-17-8-9-4-2-3-5-12(9)21-14-11(18(19)20)7-6-10(15)13(14)16/h2-7,17H,8H2,1H3. The first-order chi connectivity index (χ1) is 10.0. The third-order valence-electron chi connectivity index (χ3n) is 2.78. The minimum atomic E-state index is -1.39. The summed E-state index contributed by atoms with van der Waals surface area (Å²) in [4.78, 5) is 10.1. The van der Waals surface area contributed by atoms with E-state index in [-0.39, 0.29) is 5.75 Å². The number of nitrogens with one attached hydrogen (secondary N) is 1. The minimum absolute atomic E-state index is 0.222. The van der Waals surface area contributed by atoms with Crippen molar-refractivity contribution >= 4 is 5.69 Å². The maximum absolute atomic E-state index is 13.8. The van der Waals surface area contributed by atoms with Crippen LogP contribution in [0.25, 0.3) is 0 Å². The number of halogens is 2. The predicted octanol–water partition coefficient (Wildman–Crippen LogP) is 3.38. The molecule has 0 aliphatic rings. The number of rotatable bonds is 5. The third-order valence-corrected chi connectivity index (χ3v) is 2.78. The number of benzene rings is 2. The molecular weight excluding hydrogens is 282 g/mol. The molecular formula is C14H12F2N2O3. The van der Waals surface area contributed by atoms with Crippen LogP contribution in [0, 0.1) is 21.7 Å². The Bertz CT molecular complexity index is 677. The van der Waals surface area contributed by atoms with Crippen LogP contribution in [0.2, 0.25) is 0 Å². The number of para-hydroxylation sites is 1. The van der Waals surface area contributed by atoms with Gasteiger partial charge in [-0.05, 0) is 19.2 Å². The smallest absolute Gasteiger partial charge is 0.314 e. The predicted molar refractivity (Wildman–Crippen MR) is 72.3 cm³/mol. The number of nitro benzene ring substituents is 1. The van der Waals surface area contributed by atoms with E-state index < -0.39 is 28.0 Å². The van der Waals surface area contributed by atoms with Crippen LogP contribution in [0.4, 0.5) is 14.5 Å². The average molecular weight is 294 g/mol. The Hall–Kier alpha value is -2.54. The highest BCUT2D eigenvalue weighted by atomic mass is 19.2. The highest BCUT2D eigenvalue weighted by molar-refractivity contribution is 5.50. The van der Waals surface area contributed by atoms with Crippen molar-refractivity contribution in [2.75, 3.05) is 7.05 Å². The molecule has 0 amide bonds. The third kappa shape index (κ3) is 3.14. The van der Waals surface area contributed by atoms with Gasteiger partial charge in [-0.25, -0.2) is 4.39 Å². The van der Waals surface area contributed by atoms with Gasteiger partial charge in [0.2, 0.25) is 11.6 Å². The fourth-order valence-corrected chi connectivity index (χ4v) is 1.81. The molecule has 1 N–H and O–H groups in total. The fraction of sp³-hybridized carbons (Fsp3) is 0.143. The summed E-state index contributed by atoms with van der Waals surface area (Å²) in [5.41, 5.74) is 0.0334. The second-order valence-corrected chi connectivity index (χ2v) is 4.21. The number of nitro groups is 1. The zero-order valence-electron chi connectivity index (χ0n) is 11.1. The Morgan fingerprint density at radius 1 is 1.24 bits per heavy atom. The Morgan fingerprint density at radius 2 is 1.95 bits per heavy atom. The number of ether oxygens (including phenoxy) is 1. The number of hydrogen-bond donors (Lipinski definition) is 1. The molecule has 0 spiro atoms. The zero-order valence-corrected chi connectivity index (χ0v) is 11.1. The molecule has 0 bridgehead atoms. The lowest BCUT2D eigenvalue weighted by atomic mass is 10.2. The summed E-state index contributed by atoms with van der Waals surface area (Å²) < 4.78 is 32.4. The van der Waals surface area contributed by atoms with Crippen LogP contribution in [0.15, 0.2) is 36.4 Å².